The molecule has 0 aromatic carbocycles. The van der Waals surface area contributed by atoms with Crippen molar-refractivity contribution in [2.24, 2.45) is 5.92 Å². The van der Waals surface area contributed by atoms with Crippen LogP contribution < -0.4 is 0 Å². The number of rotatable bonds is 4. The second kappa shape index (κ2) is 4.72. The number of carbonyl (C=O) groups excluding carboxylic acids is 1. The van der Waals surface area contributed by atoms with Gasteiger partial charge in [-0.1, -0.05) is 0 Å². The van der Waals surface area contributed by atoms with Crippen molar-refractivity contribution in [1.82, 2.24) is 20.1 Å². The van der Waals surface area contributed by atoms with Crippen LogP contribution in [0.5, 0.6) is 0 Å². The van der Waals surface area contributed by atoms with Crippen LogP contribution in [0.1, 0.15) is 48.0 Å². The van der Waals surface area contributed by atoms with E-state index >= 15 is 0 Å². The first-order chi connectivity index (χ1) is 10.1. The van der Waals surface area contributed by atoms with Crippen molar-refractivity contribution in [3.63, 3.8) is 0 Å². The first-order valence-electron chi connectivity index (χ1n) is 7.24. The van der Waals surface area contributed by atoms with Gasteiger partial charge in [-0.15, -0.1) is 16.9 Å². The van der Waals surface area contributed by atoms with Gasteiger partial charge in [0.2, 0.25) is 5.82 Å². The zero-order valence-electron chi connectivity index (χ0n) is 11.4. The third-order valence-electron chi connectivity index (χ3n) is 4.24. The number of H-pyrrole nitrogens is 1. The predicted molar refractivity (Wildman–Crippen MR) is 74.9 cm³/mol. The van der Waals surface area contributed by atoms with Crippen molar-refractivity contribution in [2.45, 2.75) is 43.0 Å². The van der Waals surface area contributed by atoms with Gasteiger partial charge in [0, 0.05) is 11.7 Å². The molecule has 7 nitrogen and oxygen atoms in total. The van der Waals surface area contributed by atoms with E-state index in [-0.39, 0.29) is 17.1 Å². The van der Waals surface area contributed by atoms with Crippen molar-refractivity contribution in [3.8, 4) is 0 Å². The molecule has 1 saturated heterocycles. The van der Waals surface area contributed by atoms with Gasteiger partial charge in [0.15, 0.2) is 0 Å². The Labute approximate surface area is 125 Å². The minimum atomic E-state index is -0.947. The highest BCUT2D eigenvalue weighted by atomic mass is 32.2. The molecule has 2 heterocycles. The topological polar surface area (TPSA) is 99.2 Å². The predicted octanol–water partition coefficient (Wildman–Crippen LogP) is 1.06. The fraction of sp³-hybridized carbons (Fsp3) is 0.692. The van der Waals surface area contributed by atoms with Crippen molar-refractivity contribution < 1.29 is 14.7 Å². The lowest BCUT2D eigenvalue weighted by Crippen LogP contribution is -2.46. The summed E-state index contributed by atoms with van der Waals surface area (Å²) < 4.78 is 0. The molecule has 8 heteroatoms. The Bertz CT molecular complexity index is 596. The maximum Gasteiger partial charge on any atom is 0.327 e. The number of aliphatic carboxylic acids is 1. The van der Waals surface area contributed by atoms with Crippen molar-refractivity contribution in [2.75, 3.05) is 5.75 Å². The van der Waals surface area contributed by atoms with Crippen LogP contribution in [0.15, 0.2) is 0 Å². The van der Waals surface area contributed by atoms with E-state index in [9.17, 15) is 14.7 Å². The zero-order valence-corrected chi connectivity index (χ0v) is 12.2. The summed E-state index contributed by atoms with van der Waals surface area (Å²) in [5.41, 5.74) is 0. The molecule has 1 aliphatic heterocycles. The van der Waals surface area contributed by atoms with Crippen molar-refractivity contribution in [3.05, 3.63) is 11.6 Å². The van der Waals surface area contributed by atoms with E-state index < -0.39 is 12.0 Å². The van der Waals surface area contributed by atoms with Gasteiger partial charge < -0.3 is 10.0 Å². The van der Waals surface area contributed by atoms with E-state index in [0.29, 0.717) is 17.6 Å². The van der Waals surface area contributed by atoms with E-state index in [1.165, 1.54) is 4.90 Å². The van der Waals surface area contributed by atoms with Crippen LogP contribution in [-0.4, -0.2) is 54.2 Å². The second-order valence-electron chi connectivity index (χ2n) is 5.95. The van der Waals surface area contributed by atoms with Crippen LogP contribution in [0.3, 0.4) is 0 Å². The Kier molecular flexibility index (Phi) is 2.95. The first-order valence-corrected chi connectivity index (χ1v) is 8.29. The average Bonchev–Trinajstić information content (AvgIpc) is 3.40. The van der Waals surface area contributed by atoms with Crippen LogP contribution in [-0.2, 0) is 4.79 Å². The highest BCUT2D eigenvalue weighted by molar-refractivity contribution is 8.00. The van der Waals surface area contributed by atoms with Gasteiger partial charge >= 0.3 is 5.97 Å². The van der Waals surface area contributed by atoms with Gasteiger partial charge in [-0.3, -0.25) is 9.89 Å². The van der Waals surface area contributed by atoms with Crippen LogP contribution in [0.2, 0.25) is 0 Å². The molecule has 3 fully saturated rings. The Hall–Kier alpha value is -1.57. The van der Waals surface area contributed by atoms with Crippen molar-refractivity contribution >= 4 is 23.6 Å². The molecule has 2 N–H and O–H groups in total. The molecule has 0 radical (unpaired) electrons. The van der Waals surface area contributed by atoms with E-state index in [1.807, 2.05) is 0 Å². The van der Waals surface area contributed by atoms with Gasteiger partial charge in [0.25, 0.3) is 5.91 Å². The number of amides is 1. The summed E-state index contributed by atoms with van der Waals surface area (Å²) >= 11 is 1.56. The van der Waals surface area contributed by atoms with E-state index in [0.717, 1.165) is 31.5 Å². The molecular weight excluding hydrogens is 292 g/mol. The minimum absolute atomic E-state index is 0.0403. The van der Waals surface area contributed by atoms with E-state index in [2.05, 4.69) is 15.2 Å². The zero-order chi connectivity index (χ0) is 14.6. The largest absolute Gasteiger partial charge is 0.480 e. The molecule has 3 aliphatic rings. The molecule has 4 rings (SSSR count). The van der Waals surface area contributed by atoms with Crippen LogP contribution in [0.25, 0.3) is 0 Å². The number of thioether (sulfide) groups is 1. The third kappa shape index (κ3) is 2.31. The normalized spacial score (nSPS) is 28.9. The van der Waals surface area contributed by atoms with Crippen LogP contribution in [0.4, 0.5) is 0 Å². The Morgan fingerprint density at radius 2 is 2.05 bits per heavy atom. The molecule has 2 saturated carbocycles. The fourth-order valence-electron chi connectivity index (χ4n) is 2.74. The van der Waals surface area contributed by atoms with Gasteiger partial charge in [-0.05, 0) is 31.6 Å². The maximum absolute atomic E-state index is 12.7. The number of hydrogen-bond acceptors (Lipinski definition) is 5. The summed E-state index contributed by atoms with van der Waals surface area (Å²) in [5.74, 6) is 0.815. The highest BCUT2D eigenvalue weighted by Crippen LogP contribution is 2.46. The molecule has 1 amide bonds. The summed E-state index contributed by atoms with van der Waals surface area (Å²) in [6.45, 7) is 0. The average molecular weight is 308 g/mol. The fourth-order valence-corrected chi connectivity index (χ4v) is 4.37. The number of aromatic amines is 1. The summed E-state index contributed by atoms with van der Waals surface area (Å²) in [4.78, 5) is 29.8. The number of nitrogens with zero attached hydrogens (tertiary/aromatic N) is 3. The smallest absolute Gasteiger partial charge is 0.327 e. The number of nitrogens with one attached hydrogen (secondary N) is 1. The highest BCUT2D eigenvalue weighted by Gasteiger charge is 2.49. The van der Waals surface area contributed by atoms with Gasteiger partial charge in [0.1, 0.15) is 11.9 Å². The number of carboxylic acid groups (broad SMARTS) is 1. The van der Waals surface area contributed by atoms with Gasteiger partial charge in [-0.2, -0.15) is 0 Å². The van der Waals surface area contributed by atoms with E-state index in [4.69, 9.17) is 0 Å². The second-order valence-corrected chi connectivity index (χ2v) is 7.10. The molecule has 2 unspecified atom stereocenters. The number of aromatic nitrogens is 3. The molecule has 0 spiro atoms. The summed E-state index contributed by atoms with van der Waals surface area (Å²) in [6.07, 6.45) is 4.28. The monoisotopic (exact) mass is 308 g/mol. The minimum Gasteiger partial charge on any atom is -0.480 e. The Morgan fingerprint density at radius 3 is 2.67 bits per heavy atom. The molecule has 2 atom stereocenters. The lowest BCUT2D eigenvalue weighted by Gasteiger charge is -2.26. The molecular formula is C13H16N4O3S. The molecule has 112 valence electrons. The summed E-state index contributed by atoms with van der Waals surface area (Å²) in [7, 11) is 0. The number of carbonyl (C=O) groups is 2. The standard InChI is InChI=1S/C13H16N4O3S/c18-11(10-14-9(15-16-10)6-1-2-6)17-8(13(19)20)5-21-12(17)7-3-4-7/h6-8,12H,1-5H2,(H,19,20)(H,14,15,16). The molecule has 0 bridgehead atoms. The third-order valence-corrected chi connectivity index (χ3v) is 5.70. The summed E-state index contributed by atoms with van der Waals surface area (Å²) in [5, 5.41) is 16.1. The molecule has 1 aromatic rings. The Balaban J connectivity index is 1.60. The lowest BCUT2D eigenvalue weighted by molar-refractivity contribution is -0.141. The first kappa shape index (κ1) is 13.1. The van der Waals surface area contributed by atoms with Gasteiger partial charge in [-0.25, -0.2) is 9.78 Å². The van der Waals surface area contributed by atoms with Crippen molar-refractivity contribution in [1.29, 1.82) is 0 Å². The SMILES string of the molecule is O=C(O)C1CSC(C2CC2)N1C(=O)c1n[nH]c(C2CC2)n1. The number of hydrogen-bond donors (Lipinski definition) is 2. The lowest BCUT2D eigenvalue weighted by atomic mass is 10.2. The van der Waals surface area contributed by atoms with Crippen LogP contribution >= 0.6 is 11.8 Å². The maximum atomic E-state index is 12.7. The molecule has 1 aromatic heterocycles. The molecule has 2 aliphatic carbocycles. The van der Waals surface area contributed by atoms with E-state index in [1.54, 1.807) is 11.8 Å². The molecule has 21 heavy (non-hydrogen) atoms. The van der Waals surface area contributed by atoms with Crippen LogP contribution in [0, 0.1) is 5.92 Å². The summed E-state index contributed by atoms with van der Waals surface area (Å²) in [6, 6.07) is -0.768. The Morgan fingerprint density at radius 1 is 1.29 bits per heavy atom. The quantitative estimate of drug-likeness (QED) is 0.863. The number of carboxylic acids is 1. The van der Waals surface area contributed by atoms with Gasteiger partial charge in [0.05, 0.1) is 5.37 Å².